The molecule has 2 amide bonds. The van der Waals surface area contributed by atoms with Gasteiger partial charge in [0.05, 0.1) is 0 Å². The second-order valence-electron chi connectivity index (χ2n) is 2.69. The molecule has 0 aliphatic rings. The van der Waals surface area contributed by atoms with Crippen LogP contribution in [-0.4, -0.2) is 30.9 Å². The fourth-order valence-electron chi connectivity index (χ4n) is 0.893. The number of nitrogens with two attached hydrogens (primary N) is 3. The fraction of sp³-hybridized carbons (Fsp3) is 0.571. The second-order valence-corrected chi connectivity index (χ2v) is 2.69. The number of hydrogen-bond acceptors (Lipinski definition) is 3. The van der Waals surface area contributed by atoms with Crippen LogP contribution in [0.1, 0.15) is 12.8 Å². The van der Waals surface area contributed by atoms with Crippen LogP contribution in [0.4, 0.5) is 0 Å². The van der Waals surface area contributed by atoms with Gasteiger partial charge in [-0.1, -0.05) is 0 Å². The Morgan fingerprint density at radius 2 is 2.07 bits per heavy atom. The van der Waals surface area contributed by atoms with Crippen molar-refractivity contribution in [2.45, 2.75) is 18.9 Å². The molecule has 80 valence electrons. The number of guanidine groups is 1. The van der Waals surface area contributed by atoms with Gasteiger partial charge in [0.1, 0.15) is 6.04 Å². The summed E-state index contributed by atoms with van der Waals surface area (Å²) in [6, 6.07) is -0.651. The number of hydrogen-bond donors (Lipinski definition) is 4. The number of carbonyl (C=O) groups excluding carboxylic acids is 2. The van der Waals surface area contributed by atoms with Crippen molar-refractivity contribution in [1.29, 1.82) is 0 Å². The summed E-state index contributed by atoms with van der Waals surface area (Å²) in [5, 5.41) is 2.30. The van der Waals surface area contributed by atoms with Crippen molar-refractivity contribution >= 4 is 18.3 Å². The van der Waals surface area contributed by atoms with Crippen LogP contribution < -0.4 is 22.5 Å². The van der Waals surface area contributed by atoms with Gasteiger partial charge in [-0.05, 0) is 12.8 Å². The zero-order chi connectivity index (χ0) is 11.0. The largest absolute Gasteiger partial charge is 0.370 e. The van der Waals surface area contributed by atoms with E-state index in [0.29, 0.717) is 25.8 Å². The molecule has 0 fully saturated rings. The molecule has 1 atom stereocenters. The highest BCUT2D eigenvalue weighted by Crippen LogP contribution is 1.96. The molecule has 0 aromatic carbocycles. The zero-order valence-corrected chi connectivity index (χ0v) is 7.77. The van der Waals surface area contributed by atoms with E-state index in [1.54, 1.807) is 0 Å². The van der Waals surface area contributed by atoms with Gasteiger partial charge in [-0.25, -0.2) is 0 Å². The summed E-state index contributed by atoms with van der Waals surface area (Å²) < 4.78 is 0. The van der Waals surface area contributed by atoms with E-state index in [4.69, 9.17) is 17.2 Å². The van der Waals surface area contributed by atoms with Gasteiger partial charge in [-0.2, -0.15) is 0 Å². The molecule has 0 aliphatic carbocycles. The molecule has 0 saturated carbocycles. The number of aliphatic imine (C=N–C) groups is 1. The molecule has 0 heterocycles. The Bertz CT molecular complexity index is 224. The fourth-order valence-corrected chi connectivity index (χ4v) is 0.893. The second kappa shape index (κ2) is 6.70. The lowest BCUT2D eigenvalue weighted by Gasteiger charge is -2.10. The summed E-state index contributed by atoms with van der Waals surface area (Å²) >= 11 is 0. The third-order valence-electron chi connectivity index (χ3n) is 1.56. The predicted octanol–water partition coefficient (Wildman–Crippen LogP) is -2.36. The standard InChI is InChI=1S/C7H15N5O2/c8-6(14)5(12-4-13)2-1-3-11-7(9)10/h4-5H,1-3H2,(H2,8,14)(H,12,13)(H4,9,10,11)/t5-/m0/s1. The van der Waals surface area contributed by atoms with Crippen LogP contribution in [0.25, 0.3) is 0 Å². The maximum absolute atomic E-state index is 10.7. The van der Waals surface area contributed by atoms with Crippen LogP contribution >= 0.6 is 0 Å². The Morgan fingerprint density at radius 1 is 1.43 bits per heavy atom. The van der Waals surface area contributed by atoms with Crippen molar-refractivity contribution in [3.8, 4) is 0 Å². The van der Waals surface area contributed by atoms with Gasteiger partial charge < -0.3 is 22.5 Å². The van der Waals surface area contributed by atoms with Crippen molar-refractivity contribution in [2.75, 3.05) is 6.54 Å². The van der Waals surface area contributed by atoms with E-state index in [-0.39, 0.29) is 5.96 Å². The lowest BCUT2D eigenvalue weighted by atomic mass is 10.1. The van der Waals surface area contributed by atoms with Gasteiger partial charge in [0.2, 0.25) is 12.3 Å². The highest BCUT2D eigenvalue weighted by molar-refractivity contribution is 5.81. The van der Waals surface area contributed by atoms with Crippen molar-refractivity contribution in [3.05, 3.63) is 0 Å². The van der Waals surface area contributed by atoms with Crippen LogP contribution in [0, 0.1) is 0 Å². The number of primary amides is 1. The lowest BCUT2D eigenvalue weighted by molar-refractivity contribution is -0.122. The monoisotopic (exact) mass is 201 g/mol. The summed E-state index contributed by atoms with van der Waals surface area (Å²) in [5.74, 6) is -0.564. The molecule has 0 radical (unpaired) electrons. The van der Waals surface area contributed by atoms with Crippen molar-refractivity contribution in [2.24, 2.45) is 22.2 Å². The molecular weight excluding hydrogens is 186 g/mol. The molecule has 0 spiro atoms. The average Bonchev–Trinajstić information content (AvgIpc) is 2.09. The first-order valence-corrected chi connectivity index (χ1v) is 4.12. The molecule has 0 unspecified atom stereocenters. The quantitative estimate of drug-likeness (QED) is 0.158. The van der Waals surface area contributed by atoms with Gasteiger partial charge in [0, 0.05) is 6.54 Å². The van der Waals surface area contributed by atoms with Crippen molar-refractivity contribution in [1.82, 2.24) is 5.32 Å². The van der Waals surface area contributed by atoms with E-state index < -0.39 is 11.9 Å². The third-order valence-corrected chi connectivity index (χ3v) is 1.56. The van der Waals surface area contributed by atoms with Gasteiger partial charge in [-0.3, -0.25) is 14.6 Å². The van der Waals surface area contributed by atoms with Crippen LogP contribution in [-0.2, 0) is 9.59 Å². The Kier molecular flexibility index (Phi) is 5.84. The Labute approximate surface area is 81.7 Å². The van der Waals surface area contributed by atoms with E-state index >= 15 is 0 Å². The van der Waals surface area contributed by atoms with Crippen LogP contribution in [0.15, 0.2) is 4.99 Å². The minimum Gasteiger partial charge on any atom is -0.370 e. The summed E-state index contributed by atoms with van der Waals surface area (Å²) in [7, 11) is 0. The maximum Gasteiger partial charge on any atom is 0.239 e. The van der Waals surface area contributed by atoms with Crippen molar-refractivity contribution < 1.29 is 9.59 Å². The molecule has 0 aromatic heterocycles. The molecule has 7 N–H and O–H groups in total. The SMILES string of the molecule is NC(=O)[C@H](CCCN=C(N)N)NC=O. The Morgan fingerprint density at radius 3 is 2.50 bits per heavy atom. The first kappa shape index (κ1) is 12.2. The van der Waals surface area contributed by atoms with Gasteiger partial charge in [0.25, 0.3) is 0 Å². The normalized spacial score (nSPS) is 11.4. The third kappa shape index (κ3) is 5.81. The number of amides is 2. The lowest BCUT2D eigenvalue weighted by Crippen LogP contribution is -2.40. The van der Waals surface area contributed by atoms with Crippen LogP contribution in [0.2, 0.25) is 0 Å². The molecule has 0 bridgehead atoms. The smallest absolute Gasteiger partial charge is 0.239 e. The maximum atomic E-state index is 10.7. The van der Waals surface area contributed by atoms with E-state index in [9.17, 15) is 9.59 Å². The zero-order valence-electron chi connectivity index (χ0n) is 7.77. The number of nitrogens with one attached hydrogen (secondary N) is 1. The molecule has 7 heteroatoms. The highest BCUT2D eigenvalue weighted by atomic mass is 16.2. The molecule has 0 aromatic rings. The molecular formula is C7H15N5O2. The van der Waals surface area contributed by atoms with E-state index in [1.807, 2.05) is 0 Å². The van der Waals surface area contributed by atoms with E-state index in [1.165, 1.54) is 0 Å². The topological polar surface area (TPSA) is 137 Å². The molecule has 14 heavy (non-hydrogen) atoms. The van der Waals surface area contributed by atoms with Crippen LogP contribution in [0.3, 0.4) is 0 Å². The van der Waals surface area contributed by atoms with E-state index in [0.717, 1.165) is 0 Å². The van der Waals surface area contributed by atoms with Gasteiger partial charge in [-0.15, -0.1) is 0 Å². The summed E-state index contributed by atoms with van der Waals surface area (Å²) in [6.07, 6.45) is 1.44. The van der Waals surface area contributed by atoms with Gasteiger partial charge >= 0.3 is 0 Å². The van der Waals surface area contributed by atoms with Crippen LogP contribution in [0.5, 0.6) is 0 Å². The minimum atomic E-state index is -0.651. The summed E-state index contributed by atoms with van der Waals surface area (Å²) in [5.41, 5.74) is 15.2. The molecule has 7 nitrogen and oxygen atoms in total. The average molecular weight is 201 g/mol. The predicted molar refractivity (Wildman–Crippen MR) is 52.1 cm³/mol. The van der Waals surface area contributed by atoms with E-state index in [2.05, 4.69) is 10.3 Å². The molecule has 0 saturated heterocycles. The first-order chi connectivity index (χ1) is 6.57. The molecule has 0 rings (SSSR count). The minimum absolute atomic E-state index is 0.00368. The molecule has 0 aliphatic heterocycles. The Balaban J connectivity index is 3.77. The van der Waals surface area contributed by atoms with Crippen molar-refractivity contribution in [3.63, 3.8) is 0 Å². The number of carbonyl (C=O) groups is 2. The first-order valence-electron chi connectivity index (χ1n) is 4.12. The number of rotatable bonds is 7. The summed E-state index contributed by atoms with van der Waals surface area (Å²) in [6.45, 7) is 0.409. The number of nitrogens with zero attached hydrogens (tertiary/aromatic N) is 1. The summed E-state index contributed by atoms with van der Waals surface area (Å²) in [4.78, 5) is 24.5. The highest BCUT2D eigenvalue weighted by Gasteiger charge is 2.12. The Hall–Kier alpha value is -1.79. The van der Waals surface area contributed by atoms with Gasteiger partial charge in [0.15, 0.2) is 5.96 Å².